The summed E-state index contributed by atoms with van der Waals surface area (Å²) >= 11 is 1.40. The third-order valence-electron chi connectivity index (χ3n) is 3.51. The standard InChI is InChI=1S/C18H19FN2O5S/c1-11(22)21-14(16-3-2-8-27-16)9-17(23)20-10-15(18(24)25)26-13-6-4-12(19)5-7-13/h2-8,14-15H,9-10H2,1H3,(H,20,23)(H,21,22)(H,24,25). The van der Waals surface area contributed by atoms with E-state index in [-0.39, 0.29) is 24.6 Å². The van der Waals surface area contributed by atoms with Gasteiger partial charge in [0.1, 0.15) is 11.6 Å². The van der Waals surface area contributed by atoms with Crippen molar-refractivity contribution in [2.75, 3.05) is 6.54 Å². The number of benzene rings is 1. The van der Waals surface area contributed by atoms with Crippen molar-refractivity contribution in [3.63, 3.8) is 0 Å². The Bertz CT molecular complexity index is 780. The third-order valence-corrected chi connectivity index (χ3v) is 4.49. The van der Waals surface area contributed by atoms with Crippen molar-refractivity contribution < 1.29 is 28.6 Å². The molecule has 0 saturated carbocycles. The molecule has 2 amide bonds. The molecule has 0 fully saturated rings. The van der Waals surface area contributed by atoms with Crippen molar-refractivity contribution in [3.8, 4) is 5.75 Å². The van der Waals surface area contributed by atoms with Crippen molar-refractivity contribution in [2.45, 2.75) is 25.5 Å². The lowest BCUT2D eigenvalue weighted by atomic mass is 10.1. The normalized spacial score (nSPS) is 12.7. The van der Waals surface area contributed by atoms with Gasteiger partial charge < -0.3 is 20.5 Å². The molecule has 0 bridgehead atoms. The monoisotopic (exact) mass is 394 g/mol. The minimum Gasteiger partial charge on any atom is -0.478 e. The Morgan fingerprint density at radius 3 is 2.48 bits per heavy atom. The third kappa shape index (κ3) is 6.70. The molecule has 0 saturated heterocycles. The SMILES string of the molecule is CC(=O)NC(CC(=O)NCC(Oc1ccc(F)cc1)C(=O)O)c1cccs1. The fourth-order valence-electron chi connectivity index (χ4n) is 2.28. The molecule has 27 heavy (non-hydrogen) atoms. The van der Waals surface area contributed by atoms with Crippen LogP contribution in [-0.2, 0) is 14.4 Å². The van der Waals surface area contributed by atoms with Gasteiger partial charge >= 0.3 is 5.97 Å². The van der Waals surface area contributed by atoms with Crippen molar-refractivity contribution in [2.24, 2.45) is 0 Å². The second-order valence-electron chi connectivity index (χ2n) is 5.68. The number of nitrogens with one attached hydrogen (secondary N) is 2. The van der Waals surface area contributed by atoms with Gasteiger partial charge in [0.2, 0.25) is 17.9 Å². The van der Waals surface area contributed by atoms with Gasteiger partial charge in [-0.05, 0) is 35.7 Å². The Hall–Kier alpha value is -2.94. The maximum atomic E-state index is 12.9. The lowest BCUT2D eigenvalue weighted by Gasteiger charge is -2.18. The minimum absolute atomic E-state index is 0.0387. The van der Waals surface area contributed by atoms with Crippen molar-refractivity contribution in [1.29, 1.82) is 0 Å². The maximum Gasteiger partial charge on any atom is 0.346 e. The molecule has 0 aliphatic heterocycles. The number of amides is 2. The topological polar surface area (TPSA) is 105 Å². The predicted molar refractivity (Wildman–Crippen MR) is 97.0 cm³/mol. The minimum atomic E-state index is -1.33. The second-order valence-corrected chi connectivity index (χ2v) is 6.65. The average molecular weight is 394 g/mol. The molecule has 0 aliphatic carbocycles. The zero-order chi connectivity index (χ0) is 19.8. The van der Waals surface area contributed by atoms with Crippen LogP contribution in [0.1, 0.15) is 24.3 Å². The first-order valence-electron chi connectivity index (χ1n) is 8.07. The van der Waals surface area contributed by atoms with E-state index in [0.717, 1.165) is 17.0 Å². The Labute approximate surface area is 159 Å². The molecule has 1 aromatic carbocycles. The quantitative estimate of drug-likeness (QED) is 0.604. The number of thiophene rings is 1. The second kappa shape index (κ2) is 9.67. The summed E-state index contributed by atoms with van der Waals surface area (Å²) in [6, 6.07) is 8.01. The van der Waals surface area contributed by atoms with Crippen LogP contribution in [0.15, 0.2) is 41.8 Å². The molecule has 2 atom stereocenters. The zero-order valence-corrected chi connectivity index (χ0v) is 15.3. The fourth-order valence-corrected chi connectivity index (χ4v) is 3.06. The first kappa shape index (κ1) is 20.4. The van der Waals surface area contributed by atoms with Crippen LogP contribution in [0.3, 0.4) is 0 Å². The number of halogens is 1. The lowest BCUT2D eigenvalue weighted by Crippen LogP contribution is -2.41. The highest BCUT2D eigenvalue weighted by molar-refractivity contribution is 7.10. The molecule has 7 nitrogen and oxygen atoms in total. The van der Waals surface area contributed by atoms with Gasteiger partial charge in [0.05, 0.1) is 19.0 Å². The summed E-state index contributed by atoms with van der Waals surface area (Å²) in [4.78, 5) is 35.7. The van der Waals surface area contributed by atoms with Crippen molar-refractivity contribution >= 4 is 29.1 Å². The number of aliphatic carboxylic acids is 1. The lowest BCUT2D eigenvalue weighted by molar-refractivity contribution is -0.145. The Morgan fingerprint density at radius 2 is 1.93 bits per heavy atom. The predicted octanol–water partition coefficient (Wildman–Crippen LogP) is 2.10. The molecule has 9 heteroatoms. The highest BCUT2D eigenvalue weighted by Crippen LogP contribution is 2.22. The summed E-state index contributed by atoms with van der Waals surface area (Å²) in [5.41, 5.74) is 0. The number of hydrogen-bond donors (Lipinski definition) is 3. The van der Waals surface area contributed by atoms with E-state index in [9.17, 15) is 23.9 Å². The highest BCUT2D eigenvalue weighted by atomic mass is 32.1. The van der Waals surface area contributed by atoms with E-state index in [1.807, 2.05) is 11.4 Å². The van der Waals surface area contributed by atoms with Crippen LogP contribution in [0.2, 0.25) is 0 Å². The summed E-state index contributed by atoms with van der Waals surface area (Å²) in [6.07, 6.45) is -1.37. The first-order chi connectivity index (χ1) is 12.8. The van der Waals surface area contributed by atoms with Gasteiger partial charge in [-0.25, -0.2) is 9.18 Å². The molecular formula is C18H19FN2O5S. The van der Waals surface area contributed by atoms with Crippen LogP contribution >= 0.6 is 11.3 Å². The van der Waals surface area contributed by atoms with Gasteiger partial charge in [0.15, 0.2) is 0 Å². The molecular weight excluding hydrogens is 375 g/mol. The first-order valence-corrected chi connectivity index (χ1v) is 8.95. The number of hydrogen-bond acceptors (Lipinski definition) is 5. The van der Waals surface area contributed by atoms with E-state index >= 15 is 0 Å². The summed E-state index contributed by atoms with van der Waals surface area (Å²) in [7, 11) is 0. The number of carbonyl (C=O) groups is 3. The van der Waals surface area contributed by atoms with Gasteiger partial charge in [-0.3, -0.25) is 9.59 Å². The fraction of sp³-hybridized carbons (Fsp3) is 0.278. The Kier molecular flexibility index (Phi) is 7.30. The Morgan fingerprint density at radius 1 is 1.22 bits per heavy atom. The van der Waals surface area contributed by atoms with Crippen LogP contribution in [0.5, 0.6) is 5.75 Å². The van der Waals surface area contributed by atoms with Crippen LogP contribution in [0, 0.1) is 5.82 Å². The summed E-state index contributed by atoms with van der Waals surface area (Å²) < 4.78 is 18.2. The van der Waals surface area contributed by atoms with Gasteiger partial charge in [0.25, 0.3) is 0 Å². The highest BCUT2D eigenvalue weighted by Gasteiger charge is 2.23. The molecule has 0 aliphatic rings. The number of carbonyl (C=O) groups excluding carboxylic acids is 2. The van der Waals surface area contributed by atoms with E-state index in [1.54, 1.807) is 6.07 Å². The Balaban J connectivity index is 1.93. The number of rotatable bonds is 9. The van der Waals surface area contributed by atoms with E-state index in [2.05, 4.69) is 10.6 Å². The number of ether oxygens (including phenoxy) is 1. The van der Waals surface area contributed by atoms with Crippen LogP contribution in [-0.4, -0.2) is 35.5 Å². The number of carboxylic acid groups (broad SMARTS) is 1. The maximum absolute atomic E-state index is 12.9. The van der Waals surface area contributed by atoms with Gasteiger partial charge in [-0.1, -0.05) is 6.07 Å². The van der Waals surface area contributed by atoms with Gasteiger partial charge in [0, 0.05) is 11.8 Å². The molecule has 0 radical (unpaired) electrons. The van der Waals surface area contributed by atoms with E-state index < -0.39 is 29.8 Å². The molecule has 144 valence electrons. The number of carboxylic acids is 1. The van der Waals surface area contributed by atoms with Crippen LogP contribution in [0.4, 0.5) is 4.39 Å². The molecule has 3 N–H and O–H groups in total. The van der Waals surface area contributed by atoms with Crippen molar-refractivity contribution in [1.82, 2.24) is 10.6 Å². The van der Waals surface area contributed by atoms with Gasteiger partial charge in [-0.2, -0.15) is 0 Å². The molecule has 2 unspecified atom stereocenters. The summed E-state index contributed by atoms with van der Waals surface area (Å²) in [6.45, 7) is 1.08. The molecule has 0 spiro atoms. The van der Waals surface area contributed by atoms with Gasteiger partial charge in [-0.15, -0.1) is 11.3 Å². The summed E-state index contributed by atoms with van der Waals surface area (Å²) in [5.74, 6) is -2.27. The van der Waals surface area contributed by atoms with Crippen LogP contribution < -0.4 is 15.4 Å². The summed E-state index contributed by atoms with van der Waals surface area (Å²) in [5, 5.41) is 16.3. The molecule has 1 heterocycles. The largest absolute Gasteiger partial charge is 0.478 e. The molecule has 1 aromatic heterocycles. The van der Waals surface area contributed by atoms with E-state index in [1.165, 1.54) is 30.4 Å². The van der Waals surface area contributed by atoms with Crippen molar-refractivity contribution in [3.05, 3.63) is 52.5 Å². The van der Waals surface area contributed by atoms with E-state index in [0.29, 0.717) is 0 Å². The van der Waals surface area contributed by atoms with E-state index in [4.69, 9.17) is 4.74 Å². The smallest absolute Gasteiger partial charge is 0.346 e. The zero-order valence-electron chi connectivity index (χ0n) is 14.5. The average Bonchev–Trinajstić information content (AvgIpc) is 3.13. The molecule has 2 rings (SSSR count). The molecule has 2 aromatic rings. The van der Waals surface area contributed by atoms with Crippen LogP contribution in [0.25, 0.3) is 0 Å².